The Kier molecular flexibility index (Phi) is 4.47. The number of carbonyl (C=O) groups excluding carboxylic acids is 2. The van der Waals surface area contributed by atoms with Crippen LogP contribution in [0.1, 0.15) is 55.7 Å². The lowest BCUT2D eigenvalue weighted by Crippen LogP contribution is -2.43. The number of fused-ring (bicyclic) bond motifs is 1. The van der Waals surface area contributed by atoms with Gasteiger partial charge in [-0.2, -0.15) is 0 Å². The standard InChI is InChI=1S/C26H27NO4/c1-15-7-16(2)9-18(8-15)27-20-12-26(3,4)13-21(28)25(20)19(11-24(27)29)17-5-6-22-23(10-17)31-14-30-22/h5-10,19H,11-14H2,1-4H3. The summed E-state index contributed by atoms with van der Waals surface area (Å²) in [6.07, 6.45) is 1.44. The summed E-state index contributed by atoms with van der Waals surface area (Å²) in [5, 5.41) is 0. The Morgan fingerprint density at radius 2 is 1.65 bits per heavy atom. The Bertz CT molecular complexity index is 1120. The molecule has 0 N–H and O–H groups in total. The Balaban J connectivity index is 1.68. The Morgan fingerprint density at radius 1 is 0.935 bits per heavy atom. The lowest BCUT2D eigenvalue weighted by Gasteiger charge is -2.43. The molecule has 0 fully saturated rings. The van der Waals surface area contributed by atoms with E-state index in [2.05, 4.69) is 19.9 Å². The van der Waals surface area contributed by atoms with Crippen molar-refractivity contribution < 1.29 is 19.1 Å². The summed E-state index contributed by atoms with van der Waals surface area (Å²) in [4.78, 5) is 28.8. The first-order valence-electron chi connectivity index (χ1n) is 10.8. The topological polar surface area (TPSA) is 55.8 Å². The minimum Gasteiger partial charge on any atom is -0.454 e. The number of ketones is 1. The van der Waals surface area contributed by atoms with Crippen LogP contribution < -0.4 is 14.4 Å². The molecule has 0 radical (unpaired) electrons. The monoisotopic (exact) mass is 417 g/mol. The van der Waals surface area contributed by atoms with Gasteiger partial charge in [-0.25, -0.2) is 0 Å². The zero-order chi connectivity index (χ0) is 21.9. The number of hydrogen-bond donors (Lipinski definition) is 0. The van der Waals surface area contributed by atoms with Crippen LogP contribution in [-0.4, -0.2) is 18.5 Å². The average molecular weight is 418 g/mol. The van der Waals surface area contributed by atoms with Gasteiger partial charge >= 0.3 is 0 Å². The first kappa shape index (κ1) is 19.9. The fraction of sp³-hybridized carbons (Fsp3) is 0.385. The highest BCUT2D eigenvalue weighted by Crippen LogP contribution is 2.49. The molecule has 0 saturated heterocycles. The van der Waals surface area contributed by atoms with E-state index < -0.39 is 0 Å². The molecule has 160 valence electrons. The number of benzene rings is 2. The summed E-state index contributed by atoms with van der Waals surface area (Å²) in [7, 11) is 0. The van der Waals surface area contributed by atoms with Crippen LogP contribution >= 0.6 is 0 Å². The number of aryl methyl sites for hydroxylation is 2. The Labute approximate surface area is 182 Å². The minimum absolute atomic E-state index is 0.0249. The van der Waals surface area contributed by atoms with Crippen LogP contribution in [0.5, 0.6) is 11.5 Å². The molecule has 0 bridgehead atoms. The fourth-order valence-corrected chi connectivity index (χ4v) is 5.21. The molecule has 2 aromatic carbocycles. The summed E-state index contributed by atoms with van der Waals surface area (Å²) in [6, 6.07) is 11.9. The molecular weight excluding hydrogens is 390 g/mol. The van der Waals surface area contributed by atoms with Gasteiger partial charge < -0.3 is 9.47 Å². The third-order valence-corrected chi connectivity index (χ3v) is 6.41. The number of amides is 1. The average Bonchev–Trinajstić information content (AvgIpc) is 3.13. The van der Waals surface area contributed by atoms with Crippen LogP contribution in [0, 0.1) is 19.3 Å². The summed E-state index contributed by atoms with van der Waals surface area (Å²) >= 11 is 0. The van der Waals surface area contributed by atoms with Gasteiger partial charge in [0.25, 0.3) is 0 Å². The minimum atomic E-state index is -0.261. The molecule has 5 rings (SSSR count). The maximum absolute atomic E-state index is 13.5. The lowest BCUT2D eigenvalue weighted by molar-refractivity contribution is -0.121. The van der Waals surface area contributed by atoms with Crippen LogP contribution in [0.2, 0.25) is 0 Å². The summed E-state index contributed by atoms with van der Waals surface area (Å²) in [5.74, 6) is 1.27. The molecule has 1 amide bonds. The van der Waals surface area contributed by atoms with Gasteiger partial charge in [-0.05, 0) is 66.6 Å². The normalized spacial score (nSPS) is 22.1. The van der Waals surface area contributed by atoms with E-state index in [1.807, 2.05) is 44.2 Å². The molecule has 1 unspecified atom stereocenters. The first-order valence-corrected chi connectivity index (χ1v) is 10.8. The van der Waals surface area contributed by atoms with Crippen molar-refractivity contribution in [2.75, 3.05) is 11.7 Å². The van der Waals surface area contributed by atoms with Gasteiger partial charge in [0.2, 0.25) is 12.7 Å². The molecule has 31 heavy (non-hydrogen) atoms. The Morgan fingerprint density at radius 3 is 2.39 bits per heavy atom. The van der Waals surface area contributed by atoms with E-state index in [1.54, 1.807) is 4.90 Å². The molecule has 1 aliphatic carbocycles. The Hall–Kier alpha value is -3.08. The van der Waals surface area contributed by atoms with E-state index in [-0.39, 0.29) is 36.2 Å². The van der Waals surface area contributed by atoms with Crippen molar-refractivity contribution in [1.29, 1.82) is 0 Å². The van der Waals surface area contributed by atoms with Gasteiger partial charge in [-0.15, -0.1) is 0 Å². The highest BCUT2D eigenvalue weighted by molar-refractivity contribution is 6.07. The molecule has 5 heteroatoms. The largest absolute Gasteiger partial charge is 0.454 e. The number of nitrogens with zero attached hydrogens (tertiary/aromatic N) is 1. The van der Waals surface area contributed by atoms with Gasteiger partial charge in [-0.3, -0.25) is 14.5 Å². The first-order chi connectivity index (χ1) is 14.7. The molecule has 2 aromatic rings. The van der Waals surface area contributed by atoms with E-state index in [1.165, 1.54) is 0 Å². The zero-order valence-corrected chi connectivity index (χ0v) is 18.5. The van der Waals surface area contributed by atoms with Crippen molar-refractivity contribution in [3.05, 3.63) is 64.4 Å². The van der Waals surface area contributed by atoms with E-state index in [9.17, 15) is 9.59 Å². The maximum atomic E-state index is 13.5. The predicted octanol–water partition coefficient (Wildman–Crippen LogP) is 5.20. The van der Waals surface area contributed by atoms with Gasteiger partial charge in [0.1, 0.15) is 0 Å². The van der Waals surface area contributed by atoms with Crippen LogP contribution in [0.4, 0.5) is 5.69 Å². The number of anilines is 1. The third kappa shape index (κ3) is 3.42. The van der Waals surface area contributed by atoms with Crippen molar-refractivity contribution in [2.45, 2.75) is 52.9 Å². The van der Waals surface area contributed by atoms with Crippen molar-refractivity contribution in [1.82, 2.24) is 0 Å². The van der Waals surface area contributed by atoms with E-state index >= 15 is 0 Å². The van der Waals surface area contributed by atoms with Crippen molar-refractivity contribution in [3.8, 4) is 11.5 Å². The number of ether oxygens (including phenoxy) is 2. The number of Topliss-reactive ketones (excluding diaryl/α,β-unsaturated/α-hetero) is 1. The van der Waals surface area contributed by atoms with Crippen LogP contribution in [0.15, 0.2) is 47.7 Å². The smallest absolute Gasteiger partial charge is 0.232 e. The number of hydrogen-bond acceptors (Lipinski definition) is 4. The fourth-order valence-electron chi connectivity index (χ4n) is 5.21. The molecule has 3 aliphatic rings. The van der Waals surface area contributed by atoms with Crippen LogP contribution in [0.25, 0.3) is 0 Å². The molecule has 2 aliphatic heterocycles. The zero-order valence-electron chi connectivity index (χ0n) is 18.5. The second kappa shape index (κ2) is 6.98. The number of carbonyl (C=O) groups is 2. The van der Waals surface area contributed by atoms with E-state index in [0.29, 0.717) is 24.3 Å². The molecule has 0 spiro atoms. The molecule has 5 nitrogen and oxygen atoms in total. The van der Waals surface area contributed by atoms with Crippen molar-refractivity contribution in [3.63, 3.8) is 0 Å². The van der Waals surface area contributed by atoms with Crippen molar-refractivity contribution >= 4 is 17.4 Å². The van der Waals surface area contributed by atoms with Gasteiger partial charge in [-0.1, -0.05) is 26.0 Å². The van der Waals surface area contributed by atoms with Crippen LogP contribution in [-0.2, 0) is 9.59 Å². The molecular formula is C26H27NO4. The quantitative estimate of drug-likeness (QED) is 0.674. The molecule has 0 aromatic heterocycles. The number of rotatable bonds is 2. The maximum Gasteiger partial charge on any atom is 0.232 e. The highest BCUT2D eigenvalue weighted by Gasteiger charge is 2.44. The lowest BCUT2D eigenvalue weighted by atomic mass is 9.69. The van der Waals surface area contributed by atoms with Gasteiger partial charge in [0, 0.05) is 35.7 Å². The molecule has 0 saturated carbocycles. The predicted molar refractivity (Wildman–Crippen MR) is 118 cm³/mol. The van der Waals surface area contributed by atoms with E-state index in [4.69, 9.17) is 9.47 Å². The molecule has 1 atom stereocenters. The summed E-state index contributed by atoms with van der Waals surface area (Å²) in [5.41, 5.74) is 5.42. The highest BCUT2D eigenvalue weighted by atomic mass is 16.7. The second-order valence-electron chi connectivity index (χ2n) is 9.75. The van der Waals surface area contributed by atoms with Crippen molar-refractivity contribution in [2.24, 2.45) is 5.41 Å². The number of allylic oxidation sites excluding steroid dienone is 2. The van der Waals surface area contributed by atoms with E-state index in [0.717, 1.165) is 33.6 Å². The van der Waals surface area contributed by atoms with Crippen LogP contribution in [0.3, 0.4) is 0 Å². The SMILES string of the molecule is Cc1cc(C)cc(N2C(=O)CC(c3ccc4c(c3)OCO4)C3=C2CC(C)(C)CC3=O)c1. The molecule has 2 heterocycles. The summed E-state index contributed by atoms with van der Waals surface area (Å²) < 4.78 is 11.0. The van der Waals surface area contributed by atoms with Gasteiger partial charge in [0.15, 0.2) is 17.3 Å². The second-order valence-corrected chi connectivity index (χ2v) is 9.75. The summed E-state index contributed by atoms with van der Waals surface area (Å²) in [6.45, 7) is 8.47. The third-order valence-electron chi connectivity index (χ3n) is 6.41. The van der Waals surface area contributed by atoms with Gasteiger partial charge in [0.05, 0.1) is 0 Å².